The zero-order valence-corrected chi connectivity index (χ0v) is 11.7. The maximum absolute atomic E-state index is 11.9. The molecule has 2 rings (SSSR count). The average molecular weight is 271 g/mol. The van der Waals surface area contributed by atoms with Gasteiger partial charge in [-0.3, -0.25) is 4.79 Å². The topological polar surface area (TPSA) is 81.1 Å². The second kappa shape index (κ2) is 6.50. The standard InChI is InChI=1S/C16H21N3O/c1-11(9-17)16(20)19-15(10-18)14-7-6-12-4-2-3-5-13(12)8-14/h2-8,11,15H,9-10,17-18H2,1H3,(H,19,20). The number of hydrogen-bond acceptors (Lipinski definition) is 3. The van der Waals surface area contributed by atoms with Crippen molar-refractivity contribution >= 4 is 16.7 Å². The molecule has 4 heteroatoms. The molecule has 5 N–H and O–H groups in total. The first-order chi connectivity index (χ1) is 9.65. The van der Waals surface area contributed by atoms with Crippen LogP contribution in [-0.4, -0.2) is 19.0 Å². The minimum absolute atomic E-state index is 0.0592. The van der Waals surface area contributed by atoms with E-state index in [1.54, 1.807) is 0 Å². The second-order valence-corrected chi connectivity index (χ2v) is 5.04. The normalized spacial score (nSPS) is 13.9. The quantitative estimate of drug-likeness (QED) is 0.771. The van der Waals surface area contributed by atoms with E-state index in [1.165, 1.54) is 5.39 Å². The molecule has 106 valence electrons. The van der Waals surface area contributed by atoms with Crippen LogP contribution in [0.2, 0.25) is 0 Å². The summed E-state index contributed by atoms with van der Waals surface area (Å²) in [7, 11) is 0. The highest BCUT2D eigenvalue weighted by Crippen LogP contribution is 2.20. The number of benzene rings is 2. The number of amides is 1. The fourth-order valence-electron chi connectivity index (χ4n) is 2.12. The molecule has 0 saturated heterocycles. The molecule has 1 amide bonds. The van der Waals surface area contributed by atoms with Crippen molar-refractivity contribution in [1.82, 2.24) is 5.32 Å². The molecule has 2 aromatic rings. The molecule has 4 nitrogen and oxygen atoms in total. The zero-order chi connectivity index (χ0) is 14.5. The highest BCUT2D eigenvalue weighted by Gasteiger charge is 2.17. The van der Waals surface area contributed by atoms with E-state index < -0.39 is 0 Å². The van der Waals surface area contributed by atoms with E-state index in [1.807, 2.05) is 31.2 Å². The van der Waals surface area contributed by atoms with Crippen LogP contribution in [0.1, 0.15) is 18.5 Å². The van der Waals surface area contributed by atoms with Crippen molar-refractivity contribution in [3.8, 4) is 0 Å². The summed E-state index contributed by atoms with van der Waals surface area (Å²) in [5.74, 6) is -0.263. The van der Waals surface area contributed by atoms with Gasteiger partial charge in [0.05, 0.1) is 6.04 Å². The number of fused-ring (bicyclic) bond motifs is 1. The number of rotatable bonds is 5. The lowest BCUT2D eigenvalue weighted by molar-refractivity contribution is -0.124. The third kappa shape index (κ3) is 3.15. The van der Waals surface area contributed by atoms with Crippen molar-refractivity contribution in [1.29, 1.82) is 0 Å². The van der Waals surface area contributed by atoms with Crippen LogP contribution in [0.5, 0.6) is 0 Å². The molecular formula is C16H21N3O. The van der Waals surface area contributed by atoms with Gasteiger partial charge in [0.25, 0.3) is 0 Å². The lowest BCUT2D eigenvalue weighted by Gasteiger charge is -2.20. The Kier molecular flexibility index (Phi) is 4.71. The lowest BCUT2D eigenvalue weighted by atomic mass is 10.0. The van der Waals surface area contributed by atoms with Gasteiger partial charge in [-0.05, 0) is 22.4 Å². The van der Waals surface area contributed by atoms with Gasteiger partial charge in [0, 0.05) is 19.0 Å². The number of nitrogens with one attached hydrogen (secondary N) is 1. The summed E-state index contributed by atoms with van der Waals surface area (Å²) in [6.07, 6.45) is 0. The molecule has 0 aliphatic carbocycles. The predicted octanol–water partition coefficient (Wildman–Crippen LogP) is 1.55. The summed E-state index contributed by atoms with van der Waals surface area (Å²) in [5.41, 5.74) is 12.3. The van der Waals surface area contributed by atoms with Crippen molar-refractivity contribution in [2.75, 3.05) is 13.1 Å². The van der Waals surface area contributed by atoms with Crippen molar-refractivity contribution < 1.29 is 4.79 Å². The highest BCUT2D eigenvalue weighted by molar-refractivity contribution is 5.83. The number of carbonyl (C=O) groups excluding carboxylic acids is 1. The van der Waals surface area contributed by atoms with Crippen molar-refractivity contribution in [3.05, 3.63) is 48.0 Å². The van der Waals surface area contributed by atoms with Crippen LogP contribution in [0.25, 0.3) is 10.8 Å². The molecular weight excluding hydrogens is 250 g/mol. The van der Waals surface area contributed by atoms with Crippen molar-refractivity contribution in [2.45, 2.75) is 13.0 Å². The van der Waals surface area contributed by atoms with E-state index in [-0.39, 0.29) is 17.9 Å². The Morgan fingerprint density at radius 3 is 2.45 bits per heavy atom. The summed E-state index contributed by atoms with van der Waals surface area (Å²) in [6, 6.07) is 14.1. The van der Waals surface area contributed by atoms with E-state index >= 15 is 0 Å². The monoisotopic (exact) mass is 271 g/mol. The maximum atomic E-state index is 11.9. The summed E-state index contributed by atoms with van der Waals surface area (Å²) in [5, 5.41) is 5.27. The molecule has 0 aliphatic heterocycles. The Labute approximate surface area is 119 Å². The maximum Gasteiger partial charge on any atom is 0.224 e. The van der Waals surface area contributed by atoms with Gasteiger partial charge in [-0.15, -0.1) is 0 Å². The lowest BCUT2D eigenvalue weighted by Crippen LogP contribution is -2.38. The van der Waals surface area contributed by atoms with Crippen molar-refractivity contribution in [2.24, 2.45) is 17.4 Å². The Morgan fingerprint density at radius 1 is 1.10 bits per heavy atom. The molecule has 2 atom stereocenters. The van der Waals surface area contributed by atoms with Crippen LogP contribution in [0.15, 0.2) is 42.5 Å². The van der Waals surface area contributed by atoms with E-state index in [2.05, 4.69) is 23.5 Å². The molecule has 0 aromatic heterocycles. The Hall–Kier alpha value is -1.91. The molecule has 0 saturated carbocycles. The SMILES string of the molecule is CC(CN)C(=O)NC(CN)c1ccc2ccccc2c1. The summed E-state index contributed by atoms with van der Waals surface area (Å²) >= 11 is 0. The summed E-state index contributed by atoms with van der Waals surface area (Å²) in [4.78, 5) is 11.9. The smallest absolute Gasteiger partial charge is 0.224 e. The van der Waals surface area contributed by atoms with Gasteiger partial charge in [0.2, 0.25) is 5.91 Å². The van der Waals surface area contributed by atoms with Gasteiger partial charge in [0.1, 0.15) is 0 Å². The van der Waals surface area contributed by atoms with Crippen molar-refractivity contribution in [3.63, 3.8) is 0 Å². The fraction of sp³-hybridized carbons (Fsp3) is 0.312. The van der Waals surface area contributed by atoms with Gasteiger partial charge in [-0.2, -0.15) is 0 Å². The number of hydrogen-bond donors (Lipinski definition) is 3. The average Bonchev–Trinajstić information content (AvgIpc) is 2.51. The highest BCUT2D eigenvalue weighted by atomic mass is 16.1. The molecule has 0 spiro atoms. The van der Waals surface area contributed by atoms with E-state index in [0.29, 0.717) is 13.1 Å². The minimum Gasteiger partial charge on any atom is -0.348 e. The first-order valence-electron chi connectivity index (χ1n) is 6.85. The van der Waals surface area contributed by atoms with E-state index in [4.69, 9.17) is 11.5 Å². The minimum atomic E-state index is -0.204. The third-order valence-electron chi connectivity index (χ3n) is 3.53. The van der Waals surface area contributed by atoms with E-state index in [0.717, 1.165) is 10.9 Å². The van der Waals surface area contributed by atoms with Crippen LogP contribution in [-0.2, 0) is 4.79 Å². The molecule has 0 heterocycles. The fourth-order valence-corrected chi connectivity index (χ4v) is 2.12. The van der Waals surface area contributed by atoms with Gasteiger partial charge in [-0.25, -0.2) is 0 Å². The molecule has 2 unspecified atom stereocenters. The Morgan fingerprint density at radius 2 is 1.80 bits per heavy atom. The van der Waals surface area contributed by atoms with Gasteiger partial charge >= 0.3 is 0 Å². The van der Waals surface area contributed by atoms with Crippen LogP contribution in [0, 0.1) is 5.92 Å². The van der Waals surface area contributed by atoms with Gasteiger partial charge < -0.3 is 16.8 Å². The largest absolute Gasteiger partial charge is 0.348 e. The first-order valence-corrected chi connectivity index (χ1v) is 6.85. The third-order valence-corrected chi connectivity index (χ3v) is 3.53. The zero-order valence-electron chi connectivity index (χ0n) is 11.7. The number of nitrogens with two attached hydrogens (primary N) is 2. The molecule has 20 heavy (non-hydrogen) atoms. The van der Waals surface area contributed by atoms with E-state index in [9.17, 15) is 4.79 Å². The Balaban J connectivity index is 2.23. The number of carbonyl (C=O) groups is 1. The second-order valence-electron chi connectivity index (χ2n) is 5.04. The molecule has 0 bridgehead atoms. The predicted molar refractivity (Wildman–Crippen MR) is 82.1 cm³/mol. The van der Waals surface area contributed by atoms with Crippen LogP contribution >= 0.6 is 0 Å². The summed E-state index contributed by atoms with van der Waals surface area (Å²) < 4.78 is 0. The molecule has 0 fully saturated rings. The van der Waals surface area contributed by atoms with Crippen LogP contribution in [0.3, 0.4) is 0 Å². The first kappa shape index (κ1) is 14.5. The van der Waals surface area contributed by atoms with Crippen LogP contribution < -0.4 is 16.8 Å². The Bertz CT molecular complexity index is 597. The van der Waals surface area contributed by atoms with Gasteiger partial charge in [-0.1, -0.05) is 43.3 Å². The molecule has 0 radical (unpaired) electrons. The summed E-state index contributed by atoms with van der Waals surface area (Å²) in [6.45, 7) is 2.51. The molecule has 2 aromatic carbocycles. The van der Waals surface area contributed by atoms with Gasteiger partial charge in [0.15, 0.2) is 0 Å². The van der Waals surface area contributed by atoms with Crippen LogP contribution in [0.4, 0.5) is 0 Å². The molecule has 0 aliphatic rings.